The number of halogens is 1. The van der Waals surface area contributed by atoms with Crippen molar-refractivity contribution in [2.24, 2.45) is 20.6 Å². The van der Waals surface area contributed by atoms with Crippen molar-refractivity contribution in [3.63, 3.8) is 0 Å². The van der Waals surface area contributed by atoms with Crippen LogP contribution in [-0.4, -0.2) is 48.6 Å². The Morgan fingerprint density at radius 1 is 0.783 bits per heavy atom. The number of nitrogens with zero attached hydrogens (tertiary/aromatic N) is 4. The Morgan fingerprint density at radius 3 is 1.26 bits per heavy atom. The summed E-state index contributed by atoms with van der Waals surface area (Å²) in [5, 5.41) is 43.3. The molecule has 0 atom stereocenters. The van der Waals surface area contributed by atoms with Gasteiger partial charge in [0.05, 0.1) is 0 Å². The first-order valence-corrected chi connectivity index (χ1v) is 7.88. The van der Waals surface area contributed by atoms with Crippen molar-refractivity contribution >= 4 is 38.0 Å². The van der Waals surface area contributed by atoms with Gasteiger partial charge in [0, 0.05) is 0 Å². The fourth-order valence-corrected chi connectivity index (χ4v) is 0.806. The van der Waals surface area contributed by atoms with Crippen LogP contribution >= 0.6 is 10.1 Å². The molecule has 0 aromatic heterocycles. The van der Waals surface area contributed by atoms with Crippen molar-refractivity contribution < 1.29 is 34.2 Å². The Kier molecular flexibility index (Phi) is 22.6. The Morgan fingerprint density at radius 2 is 1.09 bits per heavy atom. The molecule has 23 heavy (non-hydrogen) atoms. The van der Waals surface area contributed by atoms with Gasteiger partial charge in [-0.25, -0.2) is 0 Å². The summed E-state index contributed by atoms with van der Waals surface area (Å²) in [6.45, 7) is 11.1. The molecule has 0 heterocycles. The molecule has 0 aromatic rings. The zero-order valence-corrected chi connectivity index (χ0v) is 15.0. The van der Waals surface area contributed by atoms with Crippen molar-refractivity contribution in [1.29, 1.82) is 0 Å². The van der Waals surface area contributed by atoms with Crippen LogP contribution in [0.15, 0.2) is 38.9 Å². The molecule has 0 saturated carbocycles. The van der Waals surface area contributed by atoms with Crippen LogP contribution in [0.4, 0.5) is 0 Å². The molecule has 0 rings (SSSR count). The van der Waals surface area contributed by atoms with E-state index in [0.29, 0.717) is 22.8 Å². The molecule has 0 fully saturated rings. The average molecular weight is 392 g/mol. The molecule has 8 nitrogen and oxygen atoms in total. The van der Waals surface area contributed by atoms with Crippen LogP contribution in [-0.2, 0) is 13.4 Å². The molecule has 0 amide bonds. The SMILES string of the molecule is CC(=N/O)/C(C)=N\O.CC(=N/O)/C(C)=N\O.[CH-]=C/C=C\[CH]=[Co][Cl]. The second-order valence-electron chi connectivity index (χ2n) is 3.50. The maximum atomic E-state index is 8.03. The third kappa shape index (κ3) is 20.0. The van der Waals surface area contributed by atoms with Gasteiger partial charge in [0.2, 0.25) is 0 Å². The van der Waals surface area contributed by atoms with Crippen LogP contribution in [0, 0.1) is 6.58 Å². The van der Waals surface area contributed by atoms with E-state index in [4.69, 9.17) is 37.6 Å². The molecule has 10 heteroatoms. The van der Waals surface area contributed by atoms with Crippen LogP contribution in [0.25, 0.3) is 0 Å². The van der Waals surface area contributed by atoms with Gasteiger partial charge >= 0.3 is 53.3 Å². The first kappa shape index (κ1) is 26.0. The Balaban J connectivity index is -0.000000262. The van der Waals surface area contributed by atoms with Crippen LogP contribution in [0.2, 0.25) is 0 Å². The minimum absolute atomic E-state index is 0.313. The van der Waals surface area contributed by atoms with Crippen molar-refractivity contribution in [3.8, 4) is 0 Å². The molecule has 0 bridgehead atoms. The molecule has 0 radical (unpaired) electrons. The van der Waals surface area contributed by atoms with Crippen molar-refractivity contribution in [2.45, 2.75) is 27.7 Å². The average Bonchev–Trinajstić information content (AvgIpc) is 2.60. The third-order valence-corrected chi connectivity index (χ3v) is 2.65. The van der Waals surface area contributed by atoms with Gasteiger partial charge in [-0.1, -0.05) is 20.6 Å². The van der Waals surface area contributed by atoms with E-state index in [2.05, 4.69) is 20.6 Å². The number of oxime groups is 4. The van der Waals surface area contributed by atoms with Crippen LogP contribution in [0.3, 0.4) is 0 Å². The summed E-state index contributed by atoms with van der Waals surface area (Å²) in [7, 11) is 5.24. The van der Waals surface area contributed by atoms with E-state index >= 15 is 0 Å². The topological polar surface area (TPSA) is 130 Å². The third-order valence-electron chi connectivity index (χ3n) is 1.98. The maximum absolute atomic E-state index is 8.03. The van der Waals surface area contributed by atoms with Gasteiger partial charge in [0.1, 0.15) is 22.8 Å². The number of hydrogen-bond donors (Lipinski definition) is 4. The van der Waals surface area contributed by atoms with E-state index < -0.39 is 0 Å². The summed E-state index contributed by atoms with van der Waals surface area (Å²) in [6.07, 6.45) is 4.96. The monoisotopic (exact) mass is 391 g/mol. The Labute approximate surface area is 145 Å². The van der Waals surface area contributed by atoms with Crippen LogP contribution < -0.4 is 0 Å². The van der Waals surface area contributed by atoms with Gasteiger partial charge in [-0.15, -0.1) is 0 Å². The molecular weight excluding hydrogens is 371 g/mol. The van der Waals surface area contributed by atoms with E-state index in [9.17, 15) is 0 Å². The van der Waals surface area contributed by atoms with Gasteiger partial charge < -0.3 is 20.8 Å². The minimum atomic E-state index is 0.313. The predicted octanol–water partition coefficient (Wildman–Crippen LogP) is 2.94. The molecular formula is C13H21ClCoN4O4-. The number of hydrogen-bond acceptors (Lipinski definition) is 8. The summed E-state index contributed by atoms with van der Waals surface area (Å²) in [5.74, 6) is 0. The molecule has 0 aliphatic carbocycles. The fourth-order valence-electron chi connectivity index (χ4n) is 0.415. The fraction of sp³-hybridized carbons (Fsp3) is 0.308. The molecule has 4 N–H and O–H groups in total. The summed E-state index contributed by atoms with van der Waals surface area (Å²) < 4.78 is 0. The second-order valence-corrected chi connectivity index (χ2v) is 4.68. The molecule has 0 aromatic carbocycles. The van der Waals surface area contributed by atoms with Gasteiger partial charge in [-0.2, -0.15) is 0 Å². The van der Waals surface area contributed by atoms with E-state index in [1.54, 1.807) is 17.1 Å². The first-order chi connectivity index (χ1) is 10.9. The Hall–Kier alpha value is -1.97. The molecule has 0 unspecified atom stereocenters. The first-order valence-electron chi connectivity index (χ1n) is 5.85. The normalized spacial score (nSPS) is 14.0. The quantitative estimate of drug-likeness (QED) is 0.193. The van der Waals surface area contributed by atoms with Crippen LogP contribution in [0.1, 0.15) is 27.7 Å². The summed E-state index contributed by atoms with van der Waals surface area (Å²) in [5.41, 5.74) is 1.25. The molecule has 0 aliphatic heterocycles. The van der Waals surface area contributed by atoms with Gasteiger partial charge in [-0.05, 0) is 27.7 Å². The van der Waals surface area contributed by atoms with Crippen LogP contribution in [0.5, 0.6) is 0 Å². The predicted molar refractivity (Wildman–Crippen MR) is 89.5 cm³/mol. The van der Waals surface area contributed by atoms with Gasteiger partial charge in [0.15, 0.2) is 0 Å². The van der Waals surface area contributed by atoms with Gasteiger partial charge in [-0.3, -0.25) is 0 Å². The van der Waals surface area contributed by atoms with E-state index in [-0.39, 0.29) is 0 Å². The molecule has 0 spiro atoms. The molecule has 0 saturated heterocycles. The zero-order chi connectivity index (χ0) is 18.7. The van der Waals surface area contributed by atoms with Gasteiger partial charge in [0.25, 0.3) is 0 Å². The standard InChI is InChI=1S/C5H5.2C4H8N2O2.ClH.Co/c1-3-5-4-2;2*1-3(5-7)4(2)6-8;;/h1-5H;2*7-8H,1-2H3;1H;/q-1;;;;+1/p-1/b5-3-;2*5-3-,6-4-;;. The van der Waals surface area contributed by atoms with E-state index in [1.165, 1.54) is 33.8 Å². The summed E-state index contributed by atoms with van der Waals surface area (Å²) in [4.78, 5) is 1.78. The molecule has 0 aliphatic rings. The van der Waals surface area contributed by atoms with Crippen molar-refractivity contribution in [3.05, 3.63) is 24.8 Å². The number of allylic oxidation sites excluding steroid dienone is 3. The van der Waals surface area contributed by atoms with Crippen molar-refractivity contribution in [2.75, 3.05) is 0 Å². The summed E-state index contributed by atoms with van der Waals surface area (Å²) >= 11 is 0.764. The molecule has 134 valence electrons. The summed E-state index contributed by atoms with van der Waals surface area (Å²) in [6, 6.07) is 0. The van der Waals surface area contributed by atoms with E-state index in [1.807, 2.05) is 0 Å². The number of rotatable bonds is 4. The van der Waals surface area contributed by atoms with Crippen molar-refractivity contribution in [1.82, 2.24) is 0 Å². The van der Waals surface area contributed by atoms with E-state index in [0.717, 1.165) is 13.4 Å². The Bertz CT molecular complexity index is 436. The zero-order valence-electron chi connectivity index (χ0n) is 13.2. The second kappa shape index (κ2) is 20.0.